The lowest BCUT2D eigenvalue weighted by Gasteiger charge is -2.05. The number of anilines is 1. The van der Waals surface area contributed by atoms with Gasteiger partial charge in [0.15, 0.2) is 0 Å². The first kappa shape index (κ1) is 10.6. The Morgan fingerprint density at radius 1 is 1.31 bits per heavy atom. The van der Waals surface area contributed by atoms with Crippen LogP contribution >= 0.6 is 11.3 Å². The first-order chi connectivity index (χ1) is 7.84. The zero-order valence-corrected chi connectivity index (χ0v) is 9.33. The van der Waals surface area contributed by atoms with Gasteiger partial charge in [-0.25, -0.2) is 9.78 Å². The summed E-state index contributed by atoms with van der Waals surface area (Å²) in [7, 11) is 0. The highest BCUT2D eigenvalue weighted by Crippen LogP contribution is 2.05. The van der Waals surface area contributed by atoms with Crippen LogP contribution in [0.3, 0.4) is 0 Å². The normalized spacial score (nSPS) is 9.75. The summed E-state index contributed by atoms with van der Waals surface area (Å²) >= 11 is 1.52. The van der Waals surface area contributed by atoms with E-state index in [0.717, 1.165) is 10.7 Å². The van der Waals surface area contributed by atoms with Crippen molar-refractivity contribution < 1.29 is 4.79 Å². The average Bonchev–Trinajstić information content (AvgIpc) is 2.81. The molecule has 0 unspecified atom stereocenters. The van der Waals surface area contributed by atoms with Crippen LogP contribution in [0.2, 0.25) is 0 Å². The molecule has 0 radical (unpaired) electrons. The molecule has 2 aromatic rings. The van der Waals surface area contributed by atoms with Crippen LogP contribution < -0.4 is 10.6 Å². The number of aromatic nitrogens is 1. The molecule has 0 saturated carbocycles. The maximum absolute atomic E-state index is 11.5. The van der Waals surface area contributed by atoms with Crippen molar-refractivity contribution in [2.75, 3.05) is 5.32 Å². The number of benzene rings is 1. The van der Waals surface area contributed by atoms with Gasteiger partial charge in [-0.2, -0.15) is 0 Å². The Bertz CT molecular complexity index is 442. The summed E-state index contributed by atoms with van der Waals surface area (Å²) in [6, 6.07) is 9.10. The smallest absolute Gasteiger partial charge is 0.319 e. The van der Waals surface area contributed by atoms with Crippen molar-refractivity contribution >= 4 is 23.1 Å². The summed E-state index contributed by atoms with van der Waals surface area (Å²) in [5, 5.41) is 8.24. The van der Waals surface area contributed by atoms with Crippen molar-refractivity contribution in [1.29, 1.82) is 0 Å². The number of hydrogen-bond donors (Lipinski definition) is 2. The zero-order valence-electron chi connectivity index (χ0n) is 8.51. The number of carbonyl (C=O) groups excluding carboxylic acids is 1. The first-order valence-corrected chi connectivity index (χ1v) is 5.71. The van der Waals surface area contributed by atoms with Crippen molar-refractivity contribution in [1.82, 2.24) is 10.3 Å². The summed E-state index contributed by atoms with van der Waals surface area (Å²) in [5.41, 5.74) is 0.777. The third-order valence-electron chi connectivity index (χ3n) is 1.92. The lowest BCUT2D eigenvalue weighted by atomic mass is 10.3. The van der Waals surface area contributed by atoms with Gasteiger partial charge in [0.1, 0.15) is 5.01 Å². The molecule has 2 amide bonds. The molecule has 0 fully saturated rings. The number of amides is 2. The van der Waals surface area contributed by atoms with Gasteiger partial charge in [-0.15, -0.1) is 11.3 Å². The molecule has 1 heterocycles. The maximum Gasteiger partial charge on any atom is 0.319 e. The molecular formula is C11H11N3OS. The highest BCUT2D eigenvalue weighted by molar-refractivity contribution is 7.09. The van der Waals surface area contributed by atoms with Crippen LogP contribution in [0.4, 0.5) is 10.5 Å². The van der Waals surface area contributed by atoms with Crippen molar-refractivity contribution in [3.63, 3.8) is 0 Å². The van der Waals surface area contributed by atoms with Gasteiger partial charge in [-0.3, -0.25) is 0 Å². The predicted octanol–water partition coefficient (Wildman–Crippen LogP) is 2.46. The van der Waals surface area contributed by atoms with Crippen LogP contribution in [0.25, 0.3) is 0 Å². The molecule has 0 aliphatic heterocycles. The molecule has 0 saturated heterocycles. The topological polar surface area (TPSA) is 54.0 Å². The van der Waals surface area contributed by atoms with E-state index in [9.17, 15) is 4.79 Å². The van der Waals surface area contributed by atoms with E-state index in [0.29, 0.717) is 6.54 Å². The fourth-order valence-electron chi connectivity index (χ4n) is 1.19. The monoisotopic (exact) mass is 233 g/mol. The van der Waals surface area contributed by atoms with Gasteiger partial charge in [0.25, 0.3) is 0 Å². The number of thiazole rings is 1. The lowest BCUT2D eigenvalue weighted by molar-refractivity contribution is 0.251. The summed E-state index contributed by atoms with van der Waals surface area (Å²) in [5.74, 6) is 0. The second-order valence-electron chi connectivity index (χ2n) is 3.10. The van der Waals surface area contributed by atoms with E-state index < -0.39 is 0 Å². The molecule has 0 spiro atoms. The number of rotatable bonds is 3. The first-order valence-electron chi connectivity index (χ1n) is 4.83. The third-order valence-corrected chi connectivity index (χ3v) is 2.69. The Morgan fingerprint density at radius 2 is 2.12 bits per heavy atom. The van der Waals surface area contributed by atoms with Crippen LogP contribution in [0.1, 0.15) is 5.01 Å². The Kier molecular flexibility index (Phi) is 3.50. The number of carbonyl (C=O) groups is 1. The van der Waals surface area contributed by atoms with E-state index in [1.165, 1.54) is 11.3 Å². The van der Waals surface area contributed by atoms with Gasteiger partial charge in [0.05, 0.1) is 6.54 Å². The standard InChI is InChI=1S/C11H11N3OS/c15-11(13-8-10-12-6-7-16-10)14-9-4-2-1-3-5-9/h1-7H,8H2,(H2,13,14,15). The van der Waals surface area contributed by atoms with Crippen LogP contribution in [0.15, 0.2) is 41.9 Å². The third kappa shape index (κ3) is 3.06. The Hall–Kier alpha value is -1.88. The highest BCUT2D eigenvalue weighted by atomic mass is 32.1. The Labute approximate surface area is 97.3 Å². The van der Waals surface area contributed by atoms with Gasteiger partial charge >= 0.3 is 6.03 Å². The zero-order chi connectivity index (χ0) is 11.2. The van der Waals surface area contributed by atoms with Gasteiger partial charge in [-0.05, 0) is 12.1 Å². The molecule has 0 aliphatic rings. The van der Waals surface area contributed by atoms with E-state index in [1.807, 2.05) is 35.7 Å². The van der Waals surface area contributed by atoms with Crippen LogP contribution in [-0.2, 0) is 6.54 Å². The molecule has 5 heteroatoms. The molecule has 16 heavy (non-hydrogen) atoms. The number of nitrogens with one attached hydrogen (secondary N) is 2. The molecular weight excluding hydrogens is 222 g/mol. The Morgan fingerprint density at radius 3 is 2.81 bits per heavy atom. The molecule has 4 nitrogen and oxygen atoms in total. The molecule has 0 bridgehead atoms. The molecule has 2 rings (SSSR count). The fraction of sp³-hybridized carbons (Fsp3) is 0.0909. The van der Waals surface area contributed by atoms with E-state index in [2.05, 4.69) is 15.6 Å². The van der Waals surface area contributed by atoms with Crippen molar-refractivity contribution in [2.45, 2.75) is 6.54 Å². The molecule has 1 aromatic heterocycles. The van der Waals surface area contributed by atoms with Gasteiger partial charge in [0, 0.05) is 17.3 Å². The van der Waals surface area contributed by atoms with Crippen LogP contribution in [0, 0.1) is 0 Å². The quantitative estimate of drug-likeness (QED) is 0.855. The lowest BCUT2D eigenvalue weighted by Crippen LogP contribution is -2.28. The van der Waals surface area contributed by atoms with E-state index in [-0.39, 0.29) is 6.03 Å². The minimum Gasteiger partial charge on any atom is -0.331 e. The predicted molar refractivity (Wildman–Crippen MR) is 64.4 cm³/mol. The van der Waals surface area contributed by atoms with E-state index in [4.69, 9.17) is 0 Å². The van der Waals surface area contributed by atoms with E-state index in [1.54, 1.807) is 6.20 Å². The van der Waals surface area contributed by atoms with E-state index >= 15 is 0 Å². The maximum atomic E-state index is 11.5. The molecule has 0 aliphatic carbocycles. The number of urea groups is 1. The molecule has 1 aromatic carbocycles. The summed E-state index contributed by atoms with van der Waals surface area (Å²) < 4.78 is 0. The second-order valence-corrected chi connectivity index (χ2v) is 4.08. The van der Waals surface area contributed by atoms with Gasteiger partial charge in [-0.1, -0.05) is 18.2 Å². The number of hydrogen-bond acceptors (Lipinski definition) is 3. The van der Waals surface area contributed by atoms with Crippen LogP contribution in [-0.4, -0.2) is 11.0 Å². The summed E-state index contributed by atoms with van der Waals surface area (Å²) in [6.07, 6.45) is 1.72. The highest BCUT2D eigenvalue weighted by Gasteiger charge is 2.01. The summed E-state index contributed by atoms with van der Waals surface area (Å²) in [6.45, 7) is 0.455. The van der Waals surface area contributed by atoms with Gasteiger partial charge < -0.3 is 10.6 Å². The second kappa shape index (κ2) is 5.27. The van der Waals surface area contributed by atoms with Crippen molar-refractivity contribution in [2.24, 2.45) is 0 Å². The minimum absolute atomic E-state index is 0.221. The van der Waals surface area contributed by atoms with Crippen molar-refractivity contribution in [3.05, 3.63) is 46.9 Å². The molecule has 82 valence electrons. The number of para-hydroxylation sites is 1. The average molecular weight is 233 g/mol. The molecule has 0 atom stereocenters. The largest absolute Gasteiger partial charge is 0.331 e. The Balaban J connectivity index is 1.81. The number of nitrogens with zero attached hydrogens (tertiary/aromatic N) is 1. The van der Waals surface area contributed by atoms with Crippen LogP contribution in [0.5, 0.6) is 0 Å². The summed E-state index contributed by atoms with van der Waals surface area (Å²) in [4.78, 5) is 15.5. The fourth-order valence-corrected chi connectivity index (χ4v) is 1.75. The minimum atomic E-state index is -0.221. The molecule has 2 N–H and O–H groups in total. The van der Waals surface area contributed by atoms with Gasteiger partial charge in [0.2, 0.25) is 0 Å². The van der Waals surface area contributed by atoms with Crippen molar-refractivity contribution in [3.8, 4) is 0 Å². The SMILES string of the molecule is O=C(NCc1nccs1)Nc1ccccc1.